The Kier molecular flexibility index (Phi) is 4.22. The van der Waals surface area contributed by atoms with E-state index in [2.05, 4.69) is 5.10 Å². The number of benzene rings is 1. The van der Waals surface area contributed by atoms with Crippen LogP contribution >= 0.6 is 11.6 Å². The molecule has 2 aromatic rings. The smallest absolute Gasteiger partial charge is 0.129 e. The number of nitrogens with two attached hydrogens (primary N) is 1. The Balaban J connectivity index is 2.22. The third-order valence-electron chi connectivity index (χ3n) is 3.08. The van der Waals surface area contributed by atoms with Crippen LogP contribution < -0.4 is 5.73 Å². The quantitative estimate of drug-likeness (QED) is 0.935. The van der Waals surface area contributed by atoms with Gasteiger partial charge in [0.05, 0.1) is 5.69 Å². The molecule has 3 nitrogen and oxygen atoms in total. The van der Waals surface area contributed by atoms with Crippen molar-refractivity contribution in [3.8, 4) is 0 Å². The van der Waals surface area contributed by atoms with Gasteiger partial charge in [0, 0.05) is 35.3 Å². The van der Waals surface area contributed by atoms with Gasteiger partial charge in [-0.3, -0.25) is 4.68 Å². The first kappa shape index (κ1) is 14.0. The molecule has 102 valence electrons. The summed E-state index contributed by atoms with van der Waals surface area (Å²) in [7, 11) is 0. The van der Waals surface area contributed by atoms with Crippen LogP contribution in [0.25, 0.3) is 0 Å². The Hall–Kier alpha value is -1.39. The lowest BCUT2D eigenvalue weighted by molar-refractivity contribution is 0.555. The Bertz CT molecular complexity index is 580. The van der Waals surface area contributed by atoms with E-state index in [0.29, 0.717) is 17.0 Å². The highest BCUT2D eigenvalue weighted by molar-refractivity contribution is 6.30. The summed E-state index contributed by atoms with van der Waals surface area (Å²) in [5, 5.41) is 4.74. The van der Waals surface area contributed by atoms with Gasteiger partial charge in [-0.25, -0.2) is 4.39 Å². The lowest BCUT2D eigenvalue weighted by Crippen LogP contribution is -2.17. The molecule has 1 aromatic heterocycles. The molecule has 5 heteroatoms. The Labute approximate surface area is 117 Å². The zero-order valence-corrected chi connectivity index (χ0v) is 11.8. The SMILES string of the molecule is CCn1nc(C)cc1CC(N)c1ccc(Cl)cc1F. The van der Waals surface area contributed by atoms with Gasteiger partial charge in [-0.1, -0.05) is 17.7 Å². The number of aryl methyl sites for hydroxylation is 2. The molecule has 0 amide bonds. The maximum atomic E-state index is 13.8. The van der Waals surface area contributed by atoms with Crippen LogP contribution in [0.1, 0.15) is 29.9 Å². The molecular formula is C14H17ClFN3. The second kappa shape index (κ2) is 5.72. The number of rotatable bonds is 4. The van der Waals surface area contributed by atoms with Crippen molar-refractivity contribution in [3.05, 3.63) is 52.1 Å². The van der Waals surface area contributed by atoms with Gasteiger partial charge >= 0.3 is 0 Å². The number of nitrogens with zero attached hydrogens (tertiary/aromatic N) is 2. The van der Waals surface area contributed by atoms with Gasteiger partial charge in [-0.2, -0.15) is 5.10 Å². The highest BCUT2D eigenvalue weighted by Crippen LogP contribution is 2.22. The first-order valence-corrected chi connectivity index (χ1v) is 6.63. The van der Waals surface area contributed by atoms with Crippen molar-refractivity contribution in [2.24, 2.45) is 5.73 Å². The van der Waals surface area contributed by atoms with Crippen LogP contribution in [0.4, 0.5) is 4.39 Å². The van der Waals surface area contributed by atoms with Crippen LogP contribution in [0.5, 0.6) is 0 Å². The van der Waals surface area contributed by atoms with Crippen molar-refractivity contribution < 1.29 is 4.39 Å². The van der Waals surface area contributed by atoms with Gasteiger partial charge in [0.1, 0.15) is 5.82 Å². The first-order valence-electron chi connectivity index (χ1n) is 6.25. The molecule has 1 atom stereocenters. The molecule has 0 radical (unpaired) electrons. The summed E-state index contributed by atoms with van der Waals surface area (Å²) in [5.74, 6) is -0.362. The molecule has 19 heavy (non-hydrogen) atoms. The van der Waals surface area contributed by atoms with Crippen molar-refractivity contribution in [1.29, 1.82) is 0 Å². The lowest BCUT2D eigenvalue weighted by Gasteiger charge is -2.14. The predicted octanol–water partition coefficient (Wildman–Crippen LogP) is 3.25. The molecule has 1 heterocycles. The van der Waals surface area contributed by atoms with Crippen LogP contribution in [0.15, 0.2) is 24.3 Å². The summed E-state index contributed by atoms with van der Waals surface area (Å²) in [5.41, 5.74) is 8.52. The van der Waals surface area contributed by atoms with Gasteiger partial charge in [-0.05, 0) is 32.0 Å². The largest absolute Gasteiger partial charge is 0.324 e. The van der Waals surface area contributed by atoms with Gasteiger partial charge in [-0.15, -0.1) is 0 Å². The monoisotopic (exact) mass is 281 g/mol. The summed E-state index contributed by atoms with van der Waals surface area (Å²) in [4.78, 5) is 0. The van der Waals surface area contributed by atoms with Gasteiger partial charge < -0.3 is 5.73 Å². The molecule has 0 aliphatic rings. The summed E-state index contributed by atoms with van der Waals surface area (Å²) in [6.07, 6.45) is 0.549. The molecule has 0 aliphatic heterocycles. The van der Waals surface area contributed by atoms with E-state index in [1.54, 1.807) is 12.1 Å². The van der Waals surface area contributed by atoms with E-state index in [1.165, 1.54) is 6.07 Å². The molecule has 2 rings (SSSR count). The van der Waals surface area contributed by atoms with Crippen molar-refractivity contribution in [2.45, 2.75) is 32.9 Å². The van der Waals surface area contributed by atoms with E-state index >= 15 is 0 Å². The van der Waals surface area contributed by atoms with Gasteiger partial charge in [0.15, 0.2) is 0 Å². The van der Waals surface area contributed by atoms with E-state index < -0.39 is 6.04 Å². The molecular weight excluding hydrogens is 265 g/mol. The minimum absolute atomic E-state index is 0.362. The van der Waals surface area contributed by atoms with E-state index in [0.717, 1.165) is 17.9 Å². The Morgan fingerprint density at radius 1 is 1.42 bits per heavy atom. The Morgan fingerprint density at radius 2 is 2.16 bits per heavy atom. The number of hydrogen-bond acceptors (Lipinski definition) is 2. The highest BCUT2D eigenvalue weighted by atomic mass is 35.5. The fourth-order valence-electron chi connectivity index (χ4n) is 2.17. The first-order chi connectivity index (χ1) is 9.01. The van der Waals surface area contributed by atoms with Crippen molar-refractivity contribution in [1.82, 2.24) is 9.78 Å². The molecule has 0 bridgehead atoms. The fraction of sp³-hybridized carbons (Fsp3) is 0.357. The van der Waals surface area contributed by atoms with Crippen LogP contribution in [0, 0.1) is 12.7 Å². The topological polar surface area (TPSA) is 43.8 Å². The summed E-state index contributed by atoms with van der Waals surface area (Å²) < 4.78 is 15.7. The third-order valence-corrected chi connectivity index (χ3v) is 3.31. The highest BCUT2D eigenvalue weighted by Gasteiger charge is 2.15. The molecule has 1 unspecified atom stereocenters. The molecule has 0 saturated heterocycles. The summed E-state index contributed by atoms with van der Waals surface area (Å²) >= 11 is 5.74. The van der Waals surface area contributed by atoms with Crippen molar-refractivity contribution in [2.75, 3.05) is 0 Å². The number of halogens is 2. The molecule has 0 fully saturated rings. The standard InChI is InChI=1S/C14H17ClFN3/c1-3-19-11(6-9(2)18-19)8-14(17)12-5-4-10(15)7-13(12)16/h4-7,14H,3,8,17H2,1-2H3. The van der Waals surface area contributed by atoms with Crippen LogP contribution in [-0.4, -0.2) is 9.78 Å². The van der Waals surface area contributed by atoms with Crippen LogP contribution in [0.3, 0.4) is 0 Å². The normalized spacial score (nSPS) is 12.7. The lowest BCUT2D eigenvalue weighted by atomic mass is 10.0. The summed E-state index contributed by atoms with van der Waals surface area (Å²) in [6.45, 7) is 4.73. The molecule has 0 spiro atoms. The van der Waals surface area contributed by atoms with E-state index in [1.807, 2.05) is 24.6 Å². The molecule has 2 N–H and O–H groups in total. The molecule has 0 saturated carbocycles. The Morgan fingerprint density at radius 3 is 2.79 bits per heavy atom. The maximum Gasteiger partial charge on any atom is 0.129 e. The average Bonchev–Trinajstić information content (AvgIpc) is 2.69. The number of aromatic nitrogens is 2. The zero-order chi connectivity index (χ0) is 14.0. The van der Waals surface area contributed by atoms with E-state index in [-0.39, 0.29) is 5.82 Å². The fourth-order valence-corrected chi connectivity index (χ4v) is 2.33. The maximum absolute atomic E-state index is 13.8. The number of hydrogen-bond donors (Lipinski definition) is 1. The minimum Gasteiger partial charge on any atom is -0.324 e. The summed E-state index contributed by atoms with van der Waals surface area (Å²) in [6, 6.07) is 6.17. The van der Waals surface area contributed by atoms with Gasteiger partial charge in [0.25, 0.3) is 0 Å². The van der Waals surface area contributed by atoms with E-state index in [4.69, 9.17) is 17.3 Å². The van der Waals surface area contributed by atoms with Crippen molar-refractivity contribution in [3.63, 3.8) is 0 Å². The third kappa shape index (κ3) is 3.14. The van der Waals surface area contributed by atoms with Crippen LogP contribution in [-0.2, 0) is 13.0 Å². The second-order valence-electron chi connectivity index (χ2n) is 4.57. The van der Waals surface area contributed by atoms with Gasteiger partial charge in [0.2, 0.25) is 0 Å². The van der Waals surface area contributed by atoms with E-state index in [9.17, 15) is 4.39 Å². The minimum atomic E-state index is -0.404. The second-order valence-corrected chi connectivity index (χ2v) is 5.01. The molecule has 0 aliphatic carbocycles. The predicted molar refractivity (Wildman–Crippen MR) is 74.7 cm³/mol. The van der Waals surface area contributed by atoms with Crippen molar-refractivity contribution >= 4 is 11.6 Å². The average molecular weight is 282 g/mol. The molecule has 1 aromatic carbocycles. The zero-order valence-electron chi connectivity index (χ0n) is 11.0. The van der Waals surface area contributed by atoms with Crippen LogP contribution in [0.2, 0.25) is 5.02 Å².